The second-order valence-electron chi connectivity index (χ2n) is 6.45. The van der Waals surface area contributed by atoms with E-state index >= 15 is 0 Å². The highest BCUT2D eigenvalue weighted by atomic mass is 32.2. The van der Waals surface area contributed by atoms with Crippen molar-refractivity contribution in [3.63, 3.8) is 0 Å². The molecule has 0 aliphatic heterocycles. The SMILES string of the molecule is C=CCn1c(SCC(=O)Nc2nc(C)cs2)nnc1[C@H](CO)NC(=O)c1ccccc1. The van der Waals surface area contributed by atoms with Crippen molar-refractivity contribution in [1.29, 1.82) is 0 Å². The Hall–Kier alpha value is -3.02. The summed E-state index contributed by atoms with van der Waals surface area (Å²) in [5, 5.41) is 26.5. The highest BCUT2D eigenvalue weighted by Crippen LogP contribution is 2.22. The van der Waals surface area contributed by atoms with Crippen molar-refractivity contribution in [2.24, 2.45) is 0 Å². The number of carbonyl (C=O) groups excluding carboxylic acids is 2. The molecule has 1 aromatic carbocycles. The van der Waals surface area contributed by atoms with Crippen LogP contribution in [0.15, 0.2) is 53.5 Å². The molecular weight excluding hydrogens is 436 g/mol. The number of nitrogens with one attached hydrogen (secondary N) is 2. The Morgan fingerprint density at radius 2 is 2.10 bits per heavy atom. The molecule has 3 N–H and O–H groups in total. The zero-order valence-corrected chi connectivity index (χ0v) is 18.4. The number of aliphatic hydroxyl groups is 1. The second kappa shape index (κ2) is 10.8. The Morgan fingerprint density at radius 1 is 1.32 bits per heavy atom. The van der Waals surface area contributed by atoms with Gasteiger partial charge in [-0.05, 0) is 19.1 Å². The third-order valence-electron chi connectivity index (χ3n) is 4.09. The van der Waals surface area contributed by atoms with Gasteiger partial charge in [-0.1, -0.05) is 36.0 Å². The second-order valence-corrected chi connectivity index (χ2v) is 8.25. The van der Waals surface area contributed by atoms with Crippen molar-refractivity contribution in [2.45, 2.75) is 24.7 Å². The number of hydrogen-bond acceptors (Lipinski definition) is 8. The topological polar surface area (TPSA) is 122 Å². The van der Waals surface area contributed by atoms with Gasteiger partial charge in [0.2, 0.25) is 5.91 Å². The molecule has 0 bridgehead atoms. The van der Waals surface area contributed by atoms with Gasteiger partial charge in [-0.2, -0.15) is 0 Å². The Labute approximate surface area is 187 Å². The minimum atomic E-state index is -0.762. The number of allylic oxidation sites excluding steroid dienone is 1. The molecule has 0 radical (unpaired) electrons. The van der Waals surface area contributed by atoms with Crippen LogP contribution in [-0.2, 0) is 11.3 Å². The summed E-state index contributed by atoms with van der Waals surface area (Å²) in [6.07, 6.45) is 1.66. The first-order chi connectivity index (χ1) is 15.0. The van der Waals surface area contributed by atoms with Gasteiger partial charge in [0.05, 0.1) is 18.1 Å². The number of carbonyl (C=O) groups is 2. The number of thioether (sulfide) groups is 1. The number of hydrogen-bond donors (Lipinski definition) is 3. The van der Waals surface area contributed by atoms with Crippen LogP contribution in [0.5, 0.6) is 0 Å². The van der Waals surface area contributed by atoms with E-state index in [1.807, 2.05) is 18.4 Å². The fourth-order valence-corrected chi connectivity index (χ4v) is 4.14. The van der Waals surface area contributed by atoms with Gasteiger partial charge in [-0.15, -0.1) is 28.1 Å². The monoisotopic (exact) mass is 458 g/mol. The van der Waals surface area contributed by atoms with E-state index in [4.69, 9.17) is 0 Å². The van der Waals surface area contributed by atoms with Crippen LogP contribution in [0.4, 0.5) is 5.13 Å². The first-order valence-corrected chi connectivity index (χ1v) is 11.2. The zero-order chi connectivity index (χ0) is 22.2. The summed E-state index contributed by atoms with van der Waals surface area (Å²) < 4.78 is 1.71. The molecule has 162 valence electrons. The van der Waals surface area contributed by atoms with E-state index in [2.05, 4.69) is 32.4 Å². The molecule has 11 heteroatoms. The number of aliphatic hydroxyl groups excluding tert-OH is 1. The predicted molar refractivity (Wildman–Crippen MR) is 120 cm³/mol. The number of aryl methyl sites for hydroxylation is 1. The van der Waals surface area contributed by atoms with Gasteiger partial charge in [-0.25, -0.2) is 4.98 Å². The van der Waals surface area contributed by atoms with Crippen LogP contribution in [0, 0.1) is 6.92 Å². The summed E-state index contributed by atoms with van der Waals surface area (Å²) in [5.41, 5.74) is 1.32. The molecule has 0 saturated carbocycles. The molecular formula is C20H22N6O3S2. The number of rotatable bonds is 10. The van der Waals surface area contributed by atoms with Crippen molar-refractivity contribution < 1.29 is 14.7 Å². The average Bonchev–Trinajstić information content (AvgIpc) is 3.37. The summed E-state index contributed by atoms with van der Waals surface area (Å²) in [6.45, 7) is 5.60. The number of anilines is 1. The van der Waals surface area contributed by atoms with Crippen molar-refractivity contribution in [3.8, 4) is 0 Å². The number of thiazole rings is 1. The molecule has 2 amide bonds. The largest absolute Gasteiger partial charge is 0.394 e. The van der Waals surface area contributed by atoms with Gasteiger partial charge < -0.3 is 20.3 Å². The molecule has 3 aromatic rings. The van der Waals surface area contributed by atoms with Crippen molar-refractivity contribution in [1.82, 2.24) is 25.1 Å². The molecule has 1 atom stereocenters. The van der Waals surface area contributed by atoms with E-state index in [1.54, 1.807) is 34.9 Å². The number of benzene rings is 1. The lowest BCUT2D eigenvalue weighted by Gasteiger charge is -2.17. The summed E-state index contributed by atoms with van der Waals surface area (Å²) in [4.78, 5) is 28.9. The molecule has 31 heavy (non-hydrogen) atoms. The maximum Gasteiger partial charge on any atom is 0.251 e. The highest BCUT2D eigenvalue weighted by Gasteiger charge is 2.23. The van der Waals surface area contributed by atoms with E-state index in [0.717, 1.165) is 5.69 Å². The normalized spacial score (nSPS) is 11.7. The Balaban J connectivity index is 1.70. The first kappa shape index (κ1) is 22.7. The third-order valence-corrected chi connectivity index (χ3v) is 5.93. The molecule has 3 rings (SSSR count). The minimum Gasteiger partial charge on any atom is -0.394 e. The van der Waals surface area contributed by atoms with E-state index in [-0.39, 0.29) is 24.2 Å². The van der Waals surface area contributed by atoms with Gasteiger partial charge in [-0.3, -0.25) is 9.59 Å². The summed E-state index contributed by atoms with van der Waals surface area (Å²) in [7, 11) is 0. The highest BCUT2D eigenvalue weighted by molar-refractivity contribution is 7.99. The number of aromatic nitrogens is 4. The smallest absolute Gasteiger partial charge is 0.251 e. The summed E-state index contributed by atoms with van der Waals surface area (Å²) >= 11 is 2.56. The maximum atomic E-state index is 12.5. The lowest BCUT2D eigenvalue weighted by molar-refractivity contribution is -0.113. The third kappa shape index (κ3) is 6.00. The van der Waals surface area contributed by atoms with Crippen molar-refractivity contribution in [3.05, 3.63) is 65.4 Å². The molecule has 0 spiro atoms. The molecule has 0 unspecified atom stereocenters. The van der Waals surface area contributed by atoms with Gasteiger partial charge in [0, 0.05) is 17.5 Å². The first-order valence-electron chi connectivity index (χ1n) is 9.37. The number of amides is 2. The molecule has 0 aliphatic rings. The molecule has 0 saturated heterocycles. The molecule has 2 heterocycles. The van der Waals surface area contributed by atoms with Crippen LogP contribution >= 0.6 is 23.1 Å². The van der Waals surface area contributed by atoms with Crippen LogP contribution in [0.25, 0.3) is 0 Å². The quantitative estimate of drug-likeness (QED) is 0.315. The van der Waals surface area contributed by atoms with E-state index in [1.165, 1.54) is 23.1 Å². The van der Waals surface area contributed by atoms with Crippen molar-refractivity contribution >= 4 is 40.0 Å². The zero-order valence-electron chi connectivity index (χ0n) is 16.8. The standard InChI is InChI=1S/C20H22N6O3S2/c1-3-9-26-17(15(10-27)22-18(29)14-7-5-4-6-8-14)24-25-20(26)31-12-16(28)23-19-21-13(2)11-30-19/h3-8,11,15,27H,1,9-10,12H2,2H3,(H,22,29)(H,21,23,28)/t15-/m0/s1. The van der Waals surface area contributed by atoms with Crippen LogP contribution in [0.3, 0.4) is 0 Å². The molecule has 2 aromatic heterocycles. The van der Waals surface area contributed by atoms with Crippen LogP contribution in [0.2, 0.25) is 0 Å². The molecule has 9 nitrogen and oxygen atoms in total. The van der Waals surface area contributed by atoms with E-state index in [0.29, 0.717) is 28.2 Å². The maximum absolute atomic E-state index is 12.5. The number of nitrogens with zero attached hydrogens (tertiary/aromatic N) is 4. The lowest BCUT2D eigenvalue weighted by atomic mass is 10.2. The lowest BCUT2D eigenvalue weighted by Crippen LogP contribution is -2.33. The summed E-state index contributed by atoms with van der Waals surface area (Å²) in [5.74, 6) is -0.0657. The average molecular weight is 459 g/mol. The van der Waals surface area contributed by atoms with Crippen LogP contribution < -0.4 is 10.6 Å². The predicted octanol–water partition coefficient (Wildman–Crippen LogP) is 2.42. The van der Waals surface area contributed by atoms with E-state index < -0.39 is 6.04 Å². The van der Waals surface area contributed by atoms with Crippen LogP contribution in [-0.4, -0.2) is 49.0 Å². The van der Waals surface area contributed by atoms with Gasteiger partial charge in [0.1, 0.15) is 6.04 Å². The van der Waals surface area contributed by atoms with Gasteiger partial charge >= 0.3 is 0 Å². The van der Waals surface area contributed by atoms with Crippen LogP contribution in [0.1, 0.15) is 27.9 Å². The van der Waals surface area contributed by atoms with Gasteiger partial charge in [0.25, 0.3) is 5.91 Å². The Kier molecular flexibility index (Phi) is 7.93. The fraction of sp³-hybridized carbons (Fsp3) is 0.250. The van der Waals surface area contributed by atoms with Gasteiger partial charge in [0.15, 0.2) is 16.1 Å². The minimum absolute atomic E-state index is 0.105. The van der Waals surface area contributed by atoms with Crippen molar-refractivity contribution in [2.75, 3.05) is 17.7 Å². The Bertz CT molecular complexity index is 1050. The molecule has 0 fully saturated rings. The Morgan fingerprint density at radius 3 is 2.74 bits per heavy atom. The summed E-state index contributed by atoms with van der Waals surface area (Å²) in [6, 6.07) is 7.94. The van der Waals surface area contributed by atoms with E-state index in [9.17, 15) is 14.7 Å². The fourth-order valence-electron chi connectivity index (χ4n) is 2.69. The molecule has 0 aliphatic carbocycles.